The molecule has 1 aliphatic rings. The Bertz CT molecular complexity index is 473. The topological polar surface area (TPSA) is 40.8 Å². The van der Waals surface area contributed by atoms with E-state index in [-0.39, 0.29) is 6.61 Å². The van der Waals surface area contributed by atoms with Crippen LogP contribution in [0.1, 0.15) is 0 Å². The third-order valence-corrected chi connectivity index (χ3v) is 2.95. The minimum absolute atomic E-state index is 0.288. The van der Waals surface area contributed by atoms with Crippen LogP contribution in [0.15, 0.2) is 30.6 Å². The van der Waals surface area contributed by atoms with E-state index < -0.39 is 0 Å². The van der Waals surface area contributed by atoms with E-state index in [0.717, 1.165) is 24.6 Å². The second-order valence-electron chi connectivity index (χ2n) is 3.99. The van der Waals surface area contributed by atoms with Gasteiger partial charge < -0.3 is 10.0 Å². The van der Waals surface area contributed by atoms with E-state index in [4.69, 9.17) is 5.11 Å². The normalized spacial score (nSPS) is 17.0. The quantitative estimate of drug-likeness (QED) is 0.783. The first-order valence-electron chi connectivity index (χ1n) is 5.16. The van der Waals surface area contributed by atoms with Crippen molar-refractivity contribution < 1.29 is 5.11 Å². The van der Waals surface area contributed by atoms with Gasteiger partial charge in [-0.05, 0) is 12.1 Å². The molecule has 0 aliphatic carbocycles. The number of hydrogen-bond acceptors (Lipinski definition) is 3. The average molecular weight is 203 g/mol. The van der Waals surface area contributed by atoms with Gasteiger partial charge in [-0.2, -0.15) is 0 Å². The fourth-order valence-corrected chi connectivity index (χ4v) is 2.06. The van der Waals surface area contributed by atoms with Crippen LogP contribution in [0.4, 0.5) is 5.82 Å². The average Bonchev–Trinajstić information content (AvgIpc) is 2.64. The highest BCUT2D eigenvalue weighted by Crippen LogP contribution is 2.24. The zero-order valence-electron chi connectivity index (χ0n) is 8.37. The highest BCUT2D eigenvalue weighted by atomic mass is 16.3. The fourth-order valence-electron chi connectivity index (χ4n) is 2.06. The molecular weight excluding hydrogens is 190 g/mol. The minimum atomic E-state index is 0.288. The molecule has 0 amide bonds. The molecular formula is C11H13N3O. The molecule has 4 nitrogen and oxygen atoms in total. The molecule has 0 spiro atoms. The van der Waals surface area contributed by atoms with E-state index >= 15 is 0 Å². The van der Waals surface area contributed by atoms with Crippen LogP contribution in [-0.2, 0) is 0 Å². The van der Waals surface area contributed by atoms with Gasteiger partial charge in [0.25, 0.3) is 0 Å². The van der Waals surface area contributed by atoms with Crippen LogP contribution in [0.5, 0.6) is 0 Å². The number of aliphatic hydroxyl groups excluding tert-OH is 1. The Hall–Kier alpha value is -1.55. The summed E-state index contributed by atoms with van der Waals surface area (Å²) in [5.74, 6) is 1.60. The van der Waals surface area contributed by atoms with Gasteiger partial charge in [0.15, 0.2) is 0 Å². The number of aromatic nitrogens is 2. The van der Waals surface area contributed by atoms with Gasteiger partial charge in [-0.1, -0.05) is 6.07 Å². The lowest BCUT2D eigenvalue weighted by atomic mass is 10.0. The Morgan fingerprint density at radius 2 is 2.27 bits per heavy atom. The van der Waals surface area contributed by atoms with Crippen LogP contribution < -0.4 is 4.90 Å². The Labute approximate surface area is 87.8 Å². The van der Waals surface area contributed by atoms with Crippen molar-refractivity contribution in [2.75, 3.05) is 24.6 Å². The second-order valence-corrected chi connectivity index (χ2v) is 3.99. The predicted octanol–water partition coefficient (Wildman–Crippen LogP) is 0.763. The highest BCUT2D eigenvalue weighted by Gasteiger charge is 2.27. The third kappa shape index (κ3) is 1.29. The summed E-state index contributed by atoms with van der Waals surface area (Å²) in [6, 6.07) is 6.10. The van der Waals surface area contributed by atoms with Crippen molar-refractivity contribution in [3.8, 4) is 0 Å². The van der Waals surface area contributed by atoms with Crippen LogP contribution in [-0.4, -0.2) is 34.2 Å². The summed E-state index contributed by atoms with van der Waals surface area (Å²) in [4.78, 5) is 6.51. The molecule has 2 aromatic heterocycles. The molecule has 1 saturated heterocycles. The van der Waals surface area contributed by atoms with Gasteiger partial charge in [-0.3, -0.25) is 4.40 Å². The second kappa shape index (κ2) is 3.24. The van der Waals surface area contributed by atoms with Crippen LogP contribution in [0.25, 0.3) is 5.65 Å². The van der Waals surface area contributed by atoms with Gasteiger partial charge in [0.05, 0.1) is 0 Å². The molecule has 3 heterocycles. The Morgan fingerprint density at radius 3 is 3.07 bits per heavy atom. The Kier molecular flexibility index (Phi) is 1.89. The highest BCUT2D eigenvalue weighted by molar-refractivity contribution is 5.52. The maximum Gasteiger partial charge on any atom is 0.138 e. The first kappa shape index (κ1) is 8.73. The van der Waals surface area contributed by atoms with Crippen molar-refractivity contribution in [1.29, 1.82) is 0 Å². The Morgan fingerprint density at radius 1 is 1.40 bits per heavy atom. The molecule has 0 radical (unpaired) electrons. The summed E-state index contributed by atoms with van der Waals surface area (Å²) in [5, 5.41) is 8.98. The zero-order chi connectivity index (χ0) is 10.3. The minimum Gasteiger partial charge on any atom is -0.396 e. The number of imidazole rings is 1. The standard InChI is InChI=1S/C11H13N3O/c15-8-9-6-13(7-9)11-3-1-2-10-12-4-5-14(10)11/h1-5,9,15H,6-8H2. The summed E-state index contributed by atoms with van der Waals surface area (Å²) in [7, 11) is 0. The summed E-state index contributed by atoms with van der Waals surface area (Å²) in [6.45, 7) is 2.16. The van der Waals surface area contributed by atoms with Crippen LogP contribution in [0.2, 0.25) is 0 Å². The summed E-state index contributed by atoms with van der Waals surface area (Å²) in [6.07, 6.45) is 3.78. The first-order valence-corrected chi connectivity index (χ1v) is 5.16. The van der Waals surface area contributed by atoms with Crippen LogP contribution in [0, 0.1) is 5.92 Å². The van der Waals surface area contributed by atoms with Crippen LogP contribution >= 0.6 is 0 Å². The van der Waals surface area contributed by atoms with Gasteiger partial charge in [0.1, 0.15) is 11.5 Å². The Balaban J connectivity index is 1.95. The monoisotopic (exact) mass is 203 g/mol. The molecule has 1 aliphatic heterocycles. The molecule has 4 heteroatoms. The van der Waals surface area contributed by atoms with Crippen molar-refractivity contribution in [3.63, 3.8) is 0 Å². The molecule has 0 atom stereocenters. The largest absolute Gasteiger partial charge is 0.396 e. The maximum atomic E-state index is 8.98. The van der Waals surface area contributed by atoms with Gasteiger partial charge >= 0.3 is 0 Å². The van der Waals surface area contributed by atoms with E-state index in [1.54, 1.807) is 0 Å². The van der Waals surface area contributed by atoms with Crippen molar-refractivity contribution in [2.24, 2.45) is 5.92 Å². The molecule has 0 saturated carbocycles. The molecule has 0 aromatic carbocycles. The molecule has 0 unspecified atom stereocenters. The van der Waals surface area contributed by atoms with E-state index in [0.29, 0.717) is 5.92 Å². The number of nitrogens with zero attached hydrogens (tertiary/aromatic N) is 3. The smallest absolute Gasteiger partial charge is 0.138 e. The molecule has 2 aromatic rings. The number of rotatable bonds is 2. The zero-order valence-corrected chi connectivity index (χ0v) is 8.37. The SMILES string of the molecule is OCC1CN(c2cccc3nccn23)C1. The molecule has 78 valence electrons. The van der Waals surface area contributed by atoms with E-state index in [1.165, 1.54) is 0 Å². The number of pyridine rings is 1. The third-order valence-electron chi connectivity index (χ3n) is 2.95. The molecule has 0 bridgehead atoms. The first-order chi connectivity index (χ1) is 7.38. The van der Waals surface area contributed by atoms with Gasteiger partial charge in [-0.15, -0.1) is 0 Å². The van der Waals surface area contributed by atoms with Gasteiger partial charge in [-0.25, -0.2) is 4.98 Å². The summed E-state index contributed by atoms with van der Waals surface area (Å²) >= 11 is 0. The van der Waals surface area contributed by atoms with E-state index in [9.17, 15) is 0 Å². The molecule has 15 heavy (non-hydrogen) atoms. The number of hydrogen-bond donors (Lipinski definition) is 1. The number of fused-ring (bicyclic) bond motifs is 1. The van der Waals surface area contributed by atoms with Crippen molar-refractivity contribution >= 4 is 11.5 Å². The molecule has 1 fully saturated rings. The van der Waals surface area contributed by atoms with Crippen molar-refractivity contribution in [2.45, 2.75) is 0 Å². The summed E-state index contributed by atoms with van der Waals surface area (Å²) < 4.78 is 2.08. The molecule has 1 N–H and O–H groups in total. The van der Waals surface area contributed by atoms with E-state index in [2.05, 4.69) is 20.4 Å². The summed E-state index contributed by atoms with van der Waals surface area (Å²) in [5.41, 5.74) is 0.972. The molecule has 3 rings (SSSR count). The number of aliphatic hydroxyl groups is 1. The predicted molar refractivity (Wildman–Crippen MR) is 58.0 cm³/mol. The fraction of sp³-hybridized carbons (Fsp3) is 0.364. The van der Waals surface area contributed by atoms with Gasteiger partial charge in [0.2, 0.25) is 0 Å². The van der Waals surface area contributed by atoms with Crippen molar-refractivity contribution in [3.05, 3.63) is 30.6 Å². The van der Waals surface area contributed by atoms with Crippen molar-refractivity contribution in [1.82, 2.24) is 9.38 Å². The lowest BCUT2D eigenvalue weighted by molar-refractivity contribution is 0.200. The lowest BCUT2D eigenvalue weighted by Gasteiger charge is -2.40. The van der Waals surface area contributed by atoms with E-state index in [1.807, 2.05) is 24.5 Å². The maximum absolute atomic E-state index is 8.98. The van der Waals surface area contributed by atoms with Gasteiger partial charge in [0, 0.05) is 38.0 Å². The number of anilines is 1. The lowest BCUT2D eigenvalue weighted by Crippen LogP contribution is -2.49. The van der Waals surface area contributed by atoms with Crippen LogP contribution in [0.3, 0.4) is 0 Å².